The Morgan fingerprint density at radius 1 is 0.544 bits per heavy atom. The summed E-state index contributed by atoms with van der Waals surface area (Å²) in [5.41, 5.74) is 9.56. The number of nitrogens with zero attached hydrogens (tertiary/aromatic N) is 5. The van der Waals surface area contributed by atoms with Gasteiger partial charge in [0.1, 0.15) is 72.2 Å². The van der Waals surface area contributed by atoms with Gasteiger partial charge in [-0.15, -0.1) is 11.6 Å². The van der Waals surface area contributed by atoms with Crippen LogP contribution in [0.25, 0.3) is 9.69 Å². The Bertz CT molecular complexity index is 3230. The maximum absolute atomic E-state index is 12.8. The van der Waals surface area contributed by atoms with Crippen molar-refractivity contribution in [3.63, 3.8) is 0 Å². The summed E-state index contributed by atoms with van der Waals surface area (Å²) >= 11 is 5.27. The minimum Gasteiger partial charge on any atom is -0.508 e. The molecular formula is C61H57ClF4N6O12U6. The van der Waals surface area contributed by atoms with Crippen molar-refractivity contribution in [3.8, 4) is 23.0 Å². The number of aliphatic imine (C=N–C) groups is 1. The van der Waals surface area contributed by atoms with E-state index >= 15 is 0 Å². The molecule has 18 nitrogen and oxygen atoms in total. The number of aromatic hydroxyl groups is 1. The van der Waals surface area contributed by atoms with E-state index in [1.807, 2.05) is 24.3 Å². The molecule has 4 atom stereocenters. The minimum absolute atomic E-state index is 0. The third-order valence-electron chi connectivity index (χ3n) is 11.2. The fourth-order valence-corrected chi connectivity index (χ4v) is 6.91. The average molecular weight is 2610 g/mol. The zero-order valence-corrected chi connectivity index (χ0v) is 73.8. The second-order valence-corrected chi connectivity index (χ2v) is 17.7. The Labute approximate surface area is 666 Å². The van der Waals surface area contributed by atoms with Gasteiger partial charge in [0.2, 0.25) is 6.08 Å². The van der Waals surface area contributed by atoms with Crippen LogP contribution < -0.4 is 29.7 Å². The van der Waals surface area contributed by atoms with Gasteiger partial charge in [0.25, 0.3) is 0 Å². The van der Waals surface area contributed by atoms with Gasteiger partial charge >= 0.3 is 12.2 Å². The normalized spacial score (nSPS) is 15.2. The number of isocyanates is 1. The number of anilines is 2. The van der Waals surface area contributed by atoms with Crippen LogP contribution in [-0.4, -0.2) is 112 Å². The number of aliphatic hydroxyl groups is 1. The summed E-state index contributed by atoms with van der Waals surface area (Å²) in [7, 11) is 1.00. The van der Waals surface area contributed by atoms with Crippen molar-refractivity contribution in [3.05, 3.63) is 222 Å². The number of amides is 2. The monoisotopic (exact) mass is 2600 g/mol. The van der Waals surface area contributed by atoms with Crippen molar-refractivity contribution in [2.75, 3.05) is 68.9 Å². The van der Waals surface area contributed by atoms with Gasteiger partial charge < -0.3 is 49.1 Å². The van der Waals surface area contributed by atoms with Crippen LogP contribution in [0.1, 0.15) is 5.56 Å². The number of benzene rings is 7. The van der Waals surface area contributed by atoms with Crippen LogP contribution in [0.15, 0.2) is 175 Å². The molecule has 4 heterocycles. The minimum atomic E-state index is -0.451. The molecule has 0 aromatic heterocycles. The van der Waals surface area contributed by atoms with Crippen molar-refractivity contribution >= 4 is 58.3 Å². The molecule has 4 N–H and O–H groups in total. The van der Waals surface area contributed by atoms with Crippen LogP contribution in [0.3, 0.4) is 0 Å². The number of rotatable bonds is 14. The number of hydrogen-bond donors (Lipinski definition) is 3. The van der Waals surface area contributed by atoms with Crippen molar-refractivity contribution < 1.29 is 262 Å². The molecule has 4 saturated heterocycles. The van der Waals surface area contributed by atoms with Crippen LogP contribution in [-0.2, 0) is 30.3 Å². The number of nitrogens with two attached hydrogens (primary N) is 1. The Balaban J connectivity index is 0. The van der Waals surface area contributed by atoms with Crippen molar-refractivity contribution in [1.82, 2.24) is 0 Å². The maximum Gasteiger partial charge on any atom is 0.414 e. The number of cyclic esters (lactones) is 2. The number of alkyl halides is 1. The summed E-state index contributed by atoms with van der Waals surface area (Å²) in [6, 6.07) is 42.9. The molecule has 462 valence electrons. The summed E-state index contributed by atoms with van der Waals surface area (Å²) in [5.74, 6) is 1.26. The number of carbonyl (C=O) groups is 2. The van der Waals surface area contributed by atoms with Crippen LogP contribution in [0.5, 0.6) is 23.0 Å². The zero-order valence-electron chi connectivity index (χ0n) is 48.0. The van der Waals surface area contributed by atoms with Gasteiger partial charge in [-0.3, -0.25) is 9.80 Å². The van der Waals surface area contributed by atoms with E-state index in [0.717, 1.165) is 31.6 Å². The first kappa shape index (κ1) is 88.9. The predicted molar refractivity (Wildman–Crippen MR) is 305 cm³/mol. The third-order valence-corrected chi connectivity index (χ3v) is 11.6. The molecule has 4 unspecified atom stereocenters. The second-order valence-electron chi connectivity index (χ2n) is 17.4. The SMILES string of the molecule is CO.ClCC1CO1.Fc1ccc(OCC2CO2)cc1.NCc1ccc(N2CC(COc3ccc(F)cc3)OC2=O)cc1.Oc1ccc(F)cc1.[C-]#[N+]c1ccc(N2CC(COc3ccc(F)cc3)OC2=O)cc1.[C-]#[N+]c1ccc(N=C=O)cc1.[U].[U].[U].[U].[U].[U]. The van der Waals surface area contributed by atoms with E-state index in [4.69, 9.17) is 73.8 Å². The molecule has 0 saturated carbocycles. The molecule has 11 rings (SSSR count). The molecular weight excluding hydrogens is 2550 g/mol. The fraction of sp³-hybridized carbons (Fsp3) is 0.230. The van der Waals surface area contributed by atoms with Crippen LogP contribution in [0.2, 0.25) is 0 Å². The zero-order chi connectivity index (χ0) is 60.6. The Morgan fingerprint density at radius 2 is 0.867 bits per heavy atom. The first-order valence-electron chi connectivity index (χ1n) is 25.4. The molecule has 29 heteroatoms. The Kier molecular flexibility index (Phi) is 49.6. The number of carbonyl (C=O) groups excluding carboxylic acids is 3. The smallest absolute Gasteiger partial charge is 0.414 e. The van der Waals surface area contributed by atoms with Gasteiger partial charge in [0.15, 0.2) is 23.6 Å². The maximum atomic E-state index is 12.8. The molecule has 4 aliphatic heterocycles. The fourth-order valence-electron chi connectivity index (χ4n) is 6.73. The van der Waals surface area contributed by atoms with Crippen molar-refractivity contribution in [1.29, 1.82) is 0 Å². The third kappa shape index (κ3) is 34.8. The molecule has 0 bridgehead atoms. The standard InChI is InChI=1S/C17H13FN2O3.C17H17FN2O3.C9H9FO2.C8H4N2O.C6H5FO.C3H5ClO.CH4O.6U/c1-19-13-4-6-14(7-5-13)20-10-16(23-17(20)21)11-22-15-8-2-12(18)3-9-15;18-13-3-7-15(8-4-13)22-11-16-10-20(17(21)23-16)14-5-1-12(9-19)2-6-14;10-7-1-3-8(4-2-7)11-5-9-6-12-9;1-9-7-2-4-8(5-3-7)10-6-11;7-5-1-3-6(8)4-2-5;4-1-3-2-5-3;1-2;;;;;;/h2-9,16H,10-11H2;1-8,16H,9-11,19H2;1-4,9H,5-6H2;2-5H;1-4,8H;3H,1-2H2;2H,1H3;;;;;;. The Morgan fingerprint density at radius 3 is 1.16 bits per heavy atom. The summed E-state index contributed by atoms with van der Waals surface area (Å²) in [6.07, 6.45) is 0.426. The predicted octanol–water partition coefficient (Wildman–Crippen LogP) is 12.0. The van der Waals surface area contributed by atoms with Crippen LogP contribution in [0.4, 0.5) is 55.6 Å². The van der Waals surface area contributed by atoms with E-state index < -0.39 is 18.3 Å². The van der Waals surface area contributed by atoms with Crippen LogP contribution in [0, 0.1) is 223 Å². The van der Waals surface area contributed by atoms with E-state index in [2.05, 4.69) is 14.7 Å². The van der Waals surface area contributed by atoms with Gasteiger partial charge in [-0.25, -0.2) is 41.6 Å². The number of halogens is 5. The molecule has 0 spiro atoms. The topological polar surface area (TPSA) is 216 Å². The summed E-state index contributed by atoms with van der Waals surface area (Å²) < 4.78 is 86.6. The van der Waals surface area contributed by atoms with E-state index in [1.54, 1.807) is 65.6 Å². The van der Waals surface area contributed by atoms with E-state index in [0.29, 0.717) is 78.2 Å². The summed E-state index contributed by atoms with van der Waals surface area (Å²) in [4.78, 5) is 46.6. The molecule has 0 aliphatic carbocycles. The number of aliphatic hydroxyl groups excluding tert-OH is 1. The van der Waals surface area contributed by atoms with Crippen LogP contribution >= 0.6 is 11.6 Å². The average Bonchev–Trinajstić information content (AvgIpc) is 3.51. The van der Waals surface area contributed by atoms with Gasteiger partial charge in [0, 0.05) is 212 Å². The number of hydrogen-bond acceptors (Lipinski definition) is 14. The molecule has 7 aromatic rings. The Hall–Kier alpha value is -3.20. The number of epoxide rings is 2. The number of phenolic OH excluding ortho intramolecular Hbond substituents is 1. The van der Waals surface area contributed by atoms with Gasteiger partial charge in [-0.1, -0.05) is 36.4 Å². The quantitative estimate of drug-likeness (QED) is 0.0231. The number of ether oxygens (including phenoxy) is 7. The van der Waals surface area contributed by atoms with Gasteiger partial charge in [0.05, 0.1) is 57.1 Å². The summed E-state index contributed by atoms with van der Waals surface area (Å²) in [6.45, 7) is 17.4. The van der Waals surface area contributed by atoms with Gasteiger partial charge in [-0.05, 0) is 139 Å². The molecule has 0 radical (unpaired) electrons. The van der Waals surface area contributed by atoms with Gasteiger partial charge in [-0.2, -0.15) is 4.99 Å². The van der Waals surface area contributed by atoms with Crippen molar-refractivity contribution in [2.24, 2.45) is 10.7 Å². The summed E-state index contributed by atoms with van der Waals surface area (Å²) in [5, 5.41) is 15.6. The first-order chi connectivity index (χ1) is 40.7. The van der Waals surface area contributed by atoms with E-state index in [1.165, 1.54) is 95.9 Å². The largest absolute Gasteiger partial charge is 0.508 e. The molecule has 90 heavy (non-hydrogen) atoms. The number of phenols is 1. The second kappa shape index (κ2) is 50.3. The first-order valence-corrected chi connectivity index (χ1v) is 25.9. The van der Waals surface area contributed by atoms with Crippen molar-refractivity contribution in [2.45, 2.75) is 31.0 Å². The molecule has 7 aromatic carbocycles. The molecule has 4 fully saturated rings. The molecule has 4 aliphatic rings. The van der Waals surface area contributed by atoms with E-state index in [-0.39, 0.29) is 241 Å². The molecule has 2 amide bonds. The van der Waals surface area contributed by atoms with E-state index in [9.17, 15) is 31.9 Å².